The second kappa shape index (κ2) is 8.83. The number of ether oxygens (including phenoxy) is 2. The predicted molar refractivity (Wildman–Crippen MR) is 119 cm³/mol. The number of likely N-dealkylation sites (tertiary alicyclic amines) is 2. The third kappa shape index (κ3) is 4.34. The van der Waals surface area contributed by atoms with Crippen molar-refractivity contribution in [3.05, 3.63) is 18.2 Å². The highest BCUT2D eigenvalue weighted by atomic mass is 32.2. The quantitative estimate of drug-likeness (QED) is 0.679. The topological polar surface area (TPSA) is 79.4 Å². The molecule has 1 aromatic carbocycles. The van der Waals surface area contributed by atoms with Crippen LogP contribution in [0.4, 0.5) is 0 Å². The van der Waals surface area contributed by atoms with Crippen molar-refractivity contribution >= 4 is 15.9 Å². The van der Waals surface area contributed by atoms with Crippen molar-refractivity contribution in [2.24, 2.45) is 5.41 Å². The summed E-state index contributed by atoms with van der Waals surface area (Å²) in [6.07, 6.45) is 6.07. The van der Waals surface area contributed by atoms with Crippen LogP contribution >= 0.6 is 0 Å². The van der Waals surface area contributed by atoms with E-state index in [1.807, 2.05) is 4.90 Å². The van der Waals surface area contributed by atoms with Crippen molar-refractivity contribution in [2.75, 3.05) is 59.0 Å². The number of benzene rings is 1. The normalized spacial score (nSPS) is 27.1. The fourth-order valence-corrected chi connectivity index (χ4v) is 7.34. The number of rotatable bonds is 4. The molecule has 8 nitrogen and oxygen atoms in total. The Bertz CT molecular complexity index is 958. The molecule has 176 valence electrons. The van der Waals surface area contributed by atoms with E-state index in [0.717, 1.165) is 64.7 Å². The van der Waals surface area contributed by atoms with Crippen LogP contribution in [0.15, 0.2) is 23.1 Å². The van der Waals surface area contributed by atoms with Crippen molar-refractivity contribution in [3.63, 3.8) is 0 Å². The van der Waals surface area contributed by atoms with E-state index in [9.17, 15) is 13.2 Å². The van der Waals surface area contributed by atoms with Gasteiger partial charge >= 0.3 is 0 Å². The summed E-state index contributed by atoms with van der Waals surface area (Å²) >= 11 is 0. The third-order valence-corrected chi connectivity index (χ3v) is 9.18. The summed E-state index contributed by atoms with van der Waals surface area (Å²) in [6.45, 7) is 5.86. The van der Waals surface area contributed by atoms with Gasteiger partial charge in [0, 0.05) is 38.8 Å². The Balaban J connectivity index is 1.29. The van der Waals surface area contributed by atoms with Gasteiger partial charge in [0.05, 0.1) is 11.4 Å². The summed E-state index contributed by atoms with van der Waals surface area (Å²) in [5.41, 5.74) is -0.0807. The van der Waals surface area contributed by atoms with Gasteiger partial charge in [-0.2, -0.15) is 4.31 Å². The van der Waals surface area contributed by atoms with Crippen molar-refractivity contribution in [3.8, 4) is 11.5 Å². The van der Waals surface area contributed by atoms with Crippen LogP contribution in [0.2, 0.25) is 0 Å². The number of hydrogen-bond donors (Lipinski definition) is 0. The molecule has 1 unspecified atom stereocenters. The average Bonchev–Trinajstić information content (AvgIpc) is 3.34. The standard InChI is InChI=1S/C23H33N3O5S/c27-22(25-10-1-2-11-25)16-24-9-3-7-23(17-24)8-4-12-26(18-23)32(28,29)19-5-6-20-21(15-19)31-14-13-30-20/h5-6,15H,1-4,7-14,16-18H2. The van der Waals surface area contributed by atoms with Crippen LogP contribution in [0.3, 0.4) is 0 Å². The first kappa shape index (κ1) is 22.0. The summed E-state index contributed by atoms with van der Waals surface area (Å²) in [4.78, 5) is 17.2. The molecule has 4 aliphatic rings. The zero-order valence-corrected chi connectivity index (χ0v) is 19.4. The predicted octanol–water partition coefficient (Wildman–Crippen LogP) is 1.95. The maximum Gasteiger partial charge on any atom is 0.243 e. The van der Waals surface area contributed by atoms with Gasteiger partial charge in [-0.15, -0.1) is 0 Å². The average molecular weight is 464 g/mol. The zero-order chi connectivity index (χ0) is 22.2. The third-order valence-electron chi connectivity index (χ3n) is 7.34. The molecule has 0 aliphatic carbocycles. The molecule has 1 spiro atoms. The SMILES string of the molecule is O=C(CN1CCCC2(CCCN(S(=O)(=O)c3ccc4c(c3)OCCO4)C2)C1)N1CCCC1. The molecule has 1 amide bonds. The van der Waals surface area contributed by atoms with E-state index in [1.54, 1.807) is 22.5 Å². The molecule has 0 saturated carbocycles. The van der Waals surface area contributed by atoms with Crippen molar-refractivity contribution in [1.29, 1.82) is 0 Å². The molecule has 32 heavy (non-hydrogen) atoms. The summed E-state index contributed by atoms with van der Waals surface area (Å²) in [7, 11) is -3.62. The molecule has 0 radical (unpaired) electrons. The summed E-state index contributed by atoms with van der Waals surface area (Å²) < 4.78 is 39.8. The first-order valence-electron chi connectivity index (χ1n) is 11.9. The first-order valence-corrected chi connectivity index (χ1v) is 13.3. The van der Waals surface area contributed by atoms with Crippen LogP contribution in [-0.4, -0.2) is 87.5 Å². The summed E-state index contributed by atoms with van der Waals surface area (Å²) in [5, 5.41) is 0. The molecule has 1 aromatic rings. The van der Waals surface area contributed by atoms with Crippen LogP contribution in [0.5, 0.6) is 11.5 Å². The Labute approximate surface area is 190 Å². The van der Waals surface area contributed by atoms with Crippen molar-refractivity contribution in [2.45, 2.75) is 43.4 Å². The van der Waals surface area contributed by atoms with E-state index < -0.39 is 10.0 Å². The molecular weight excluding hydrogens is 430 g/mol. The maximum absolute atomic E-state index is 13.5. The lowest BCUT2D eigenvalue weighted by molar-refractivity contribution is -0.132. The van der Waals surface area contributed by atoms with Crippen molar-refractivity contribution in [1.82, 2.24) is 14.1 Å². The van der Waals surface area contributed by atoms with Gasteiger partial charge in [0.1, 0.15) is 13.2 Å². The first-order chi connectivity index (χ1) is 15.5. The molecule has 3 saturated heterocycles. The lowest BCUT2D eigenvalue weighted by Crippen LogP contribution is -2.54. The van der Waals surface area contributed by atoms with Crippen LogP contribution in [-0.2, 0) is 14.8 Å². The maximum atomic E-state index is 13.5. The van der Waals surface area contributed by atoms with Crippen LogP contribution in [0, 0.1) is 5.41 Å². The lowest BCUT2D eigenvalue weighted by atomic mass is 9.74. The minimum absolute atomic E-state index is 0.0807. The second-order valence-corrected chi connectivity index (χ2v) is 11.6. The molecule has 0 aromatic heterocycles. The number of amides is 1. The smallest absolute Gasteiger partial charge is 0.243 e. The molecule has 9 heteroatoms. The van der Waals surface area contributed by atoms with Crippen molar-refractivity contribution < 1.29 is 22.7 Å². The van der Waals surface area contributed by atoms with E-state index in [4.69, 9.17) is 9.47 Å². The van der Waals surface area contributed by atoms with Gasteiger partial charge in [0.15, 0.2) is 11.5 Å². The Hall–Kier alpha value is -1.84. The fraction of sp³-hybridized carbons (Fsp3) is 0.696. The van der Waals surface area contributed by atoms with Gasteiger partial charge in [-0.1, -0.05) is 0 Å². The minimum Gasteiger partial charge on any atom is -0.486 e. The van der Waals surface area contributed by atoms with Gasteiger partial charge in [0.25, 0.3) is 0 Å². The van der Waals surface area contributed by atoms with E-state index in [-0.39, 0.29) is 16.2 Å². The number of hydrogen-bond acceptors (Lipinski definition) is 6. The van der Waals surface area contributed by atoms with Gasteiger partial charge in [-0.3, -0.25) is 9.69 Å². The zero-order valence-electron chi connectivity index (χ0n) is 18.6. The van der Waals surface area contributed by atoms with Gasteiger partial charge in [-0.25, -0.2) is 8.42 Å². The molecule has 1 atom stereocenters. The molecule has 5 rings (SSSR count). The molecule has 4 aliphatic heterocycles. The van der Waals surface area contributed by atoms with Gasteiger partial charge < -0.3 is 14.4 Å². The highest BCUT2D eigenvalue weighted by molar-refractivity contribution is 7.89. The Kier molecular flexibility index (Phi) is 6.07. The van der Waals surface area contributed by atoms with E-state index in [1.165, 1.54) is 0 Å². The molecule has 0 bridgehead atoms. The van der Waals surface area contributed by atoms with E-state index in [0.29, 0.717) is 44.3 Å². The number of fused-ring (bicyclic) bond motifs is 1. The number of carbonyl (C=O) groups is 1. The Morgan fingerprint density at radius 1 is 0.906 bits per heavy atom. The highest BCUT2D eigenvalue weighted by Gasteiger charge is 2.43. The van der Waals surface area contributed by atoms with Gasteiger partial charge in [-0.05, 0) is 62.6 Å². The largest absolute Gasteiger partial charge is 0.486 e. The molecular formula is C23H33N3O5S. The molecule has 3 fully saturated rings. The number of carbonyl (C=O) groups excluding carboxylic acids is 1. The lowest BCUT2D eigenvalue weighted by Gasteiger charge is -2.48. The van der Waals surface area contributed by atoms with Gasteiger partial charge in [0.2, 0.25) is 15.9 Å². The number of sulfonamides is 1. The van der Waals surface area contributed by atoms with Crippen LogP contribution < -0.4 is 9.47 Å². The van der Waals surface area contributed by atoms with E-state index in [2.05, 4.69) is 4.90 Å². The van der Waals surface area contributed by atoms with Crippen LogP contribution in [0.25, 0.3) is 0 Å². The molecule has 4 heterocycles. The Morgan fingerprint density at radius 3 is 2.41 bits per heavy atom. The Morgan fingerprint density at radius 2 is 1.62 bits per heavy atom. The minimum atomic E-state index is -3.62. The number of nitrogens with zero attached hydrogens (tertiary/aromatic N) is 3. The second-order valence-electron chi connectivity index (χ2n) is 9.65. The molecule has 0 N–H and O–H groups in total. The van der Waals surface area contributed by atoms with E-state index >= 15 is 0 Å². The monoisotopic (exact) mass is 463 g/mol. The van der Waals surface area contributed by atoms with Crippen LogP contribution in [0.1, 0.15) is 38.5 Å². The summed E-state index contributed by atoms with van der Waals surface area (Å²) in [5.74, 6) is 1.31. The fourth-order valence-electron chi connectivity index (χ4n) is 5.74. The summed E-state index contributed by atoms with van der Waals surface area (Å²) in [6, 6.07) is 4.90. The highest BCUT2D eigenvalue weighted by Crippen LogP contribution is 2.41. The number of piperidine rings is 2.